The zero-order valence-electron chi connectivity index (χ0n) is 11.4. The molecule has 0 saturated heterocycles. The lowest BCUT2D eigenvalue weighted by molar-refractivity contribution is 0.414. The summed E-state index contributed by atoms with van der Waals surface area (Å²) in [6.07, 6.45) is 7.53. The van der Waals surface area contributed by atoms with Crippen molar-refractivity contribution in [3.8, 4) is 5.75 Å². The van der Waals surface area contributed by atoms with E-state index in [1.165, 1.54) is 31.2 Å². The van der Waals surface area contributed by atoms with Crippen molar-refractivity contribution in [2.45, 2.75) is 38.6 Å². The molecule has 2 heteroatoms. The van der Waals surface area contributed by atoms with E-state index >= 15 is 0 Å². The summed E-state index contributed by atoms with van der Waals surface area (Å²) in [7, 11) is 1.71. The lowest BCUT2D eigenvalue weighted by Crippen LogP contribution is -2.23. The van der Waals surface area contributed by atoms with Gasteiger partial charge >= 0.3 is 0 Å². The molecule has 0 heterocycles. The highest BCUT2D eigenvalue weighted by Gasteiger charge is 2.17. The first kappa shape index (κ1) is 13.2. The van der Waals surface area contributed by atoms with Crippen LogP contribution in [0.15, 0.2) is 35.9 Å². The van der Waals surface area contributed by atoms with Crippen molar-refractivity contribution < 1.29 is 4.74 Å². The highest BCUT2D eigenvalue weighted by atomic mass is 16.5. The third-order valence-corrected chi connectivity index (χ3v) is 3.55. The van der Waals surface area contributed by atoms with Gasteiger partial charge in [-0.2, -0.15) is 0 Å². The maximum absolute atomic E-state index is 5.22. The first-order chi connectivity index (χ1) is 8.85. The van der Waals surface area contributed by atoms with E-state index in [9.17, 15) is 0 Å². The minimum absolute atomic E-state index is 0.376. The third kappa shape index (κ3) is 3.14. The fraction of sp³-hybridized carbons (Fsp3) is 0.500. The molecule has 1 aliphatic carbocycles. The summed E-state index contributed by atoms with van der Waals surface area (Å²) in [5.41, 5.74) is 2.89. The molecular weight excluding hydrogens is 222 g/mol. The second kappa shape index (κ2) is 6.60. The van der Waals surface area contributed by atoms with Gasteiger partial charge in [0.05, 0.1) is 13.2 Å². The Morgan fingerprint density at radius 1 is 1.22 bits per heavy atom. The molecule has 18 heavy (non-hydrogen) atoms. The highest BCUT2D eigenvalue weighted by molar-refractivity contribution is 5.34. The van der Waals surface area contributed by atoms with Crippen molar-refractivity contribution in [3.63, 3.8) is 0 Å². The molecule has 0 amide bonds. The van der Waals surface area contributed by atoms with E-state index in [-0.39, 0.29) is 0 Å². The summed E-state index contributed by atoms with van der Waals surface area (Å²) in [5, 5.41) is 3.60. The van der Waals surface area contributed by atoms with Crippen LogP contribution in [0.4, 0.5) is 0 Å². The predicted octanol–water partition coefficient (Wildman–Crippen LogP) is 3.85. The average Bonchev–Trinajstić information content (AvgIpc) is 2.46. The molecule has 0 spiro atoms. The van der Waals surface area contributed by atoms with E-state index < -0.39 is 0 Å². The number of hydrogen-bond donors (Lipinski definition) is 1. The van der Waals surface area contributed by atoms with Crippen molar-refractivity contribution in [1.82, 2.24) is 5.32 Å². The van der Waals surface area contributed by atoms with Crippen molar-refractivity contribution in [2.24, 2.45) is 0 Å². The summed E-state index contributed by atoms with van der Waals surface area (Å²) in [4.78, 5) is 0. The van der Waals surface area contributed by atoms with Gasteiger partial charge in [-0.1, -0.05) is 30.7 Å². The van der Waals surface area contributed by atoms with Crippen LogP contribution in [0.25, 0.3) is 0 Å². The smallest absolute Gasteiger partial charge is 0.118 e. The van der Waals surface area contributed by atoms with Gasteiger partial charge in [0.25, 0.3) is 0 Å². The third-order valence-electron chi connectivity index (χ3n) is 3.55. The van der Waals surface area contributed by atoms with Crippen LogP contribution < -0.4 is 10.1 Å². The van der Waals surface area contributed by atoms with Gasteiger partial charge in [-0.25, -0.2) is 0 Å². The SMILES string of the molecule is CCNC(C1=CCCCC1)c1ccc(OC)cc1. The molecule has 0 bridgehead atoms. The number of likely N-dealkylation sites (N-methyl/N-ethyl adjacent to an activating group) is 1. The lowest BCUT2D eigenvalue weighted by atomic mass is 9.90. The van der Waals surface area contributed by atoms with Crippen LogP contribution in [-0.4, -0.2) is 13.7 Å². The lowest BCUT2D eigenvalue weighted by Gasteiger charge is -2.24. The van der Waals surface area contributed by atoms with E-state index in [1.54, 1.807) is 12.7 Å². The molecule has 2 rings (SSSR count). The number of methoxy groups -OCH3 is 1. The van der Waals surface area contributed by atoms with Crippen LogP contribution in [0.3, 0.4) is 0 Å². The number of rotatable bonds is 5. The summed E-state index contributed by atoms with van der Waals surface area (Å²) in [6, 6.07) is 8.80. The van der Waals surface area contributed by atoms with Crippen LogP contribution >= 0.6 is 0 Å². The fourth-order valence-corrected chi connectivity index (χ4v) is 2.59. The Morgan fingerprint density at radius 3 is 2.56 bits per heavy atom. The first-order valence-electron chi connectivity index (χ1n) is 6.91. The van der Waals surface area contributed by atoms with Crippen LogP contribution in [0.2, 0.25) is 0 Å². The van der Waals surface area contributed by atoms with Crippen LogP contribution in [0.1, 0.15) is 44.2 Å². The molecule has 1 unspecified atom stereocenters. The molecule has 98 valence electrons. The first-order valence-corrected chi connectivity index (χ1v) is 6.91. The van der Waals surface area contributed by atoms with Gasteiger partial charge in [-0.05, 0) is 49.9 Å². The Labute approximate surface area is 110 Å². The predicted molar refractivity (Wildman–Crippen MR) is 76.0 cm³/mol. The molecule has 1 aromatic carbocycles. The van der Waals surface area contributed by atoms with Gasteiger partial charge in [-0.15, -0.1) is 0 Å². The Hall–Kier alpha value is -1.28. The molecule has 0 saturated carbocycles. The quantitative estimate of drug-likeness (QED) is 0.796. The topological polar surface area (TPSA) is 21.3 Å². The van der Waals surface area contributed by atoms with Crippen LogP contribution in [0, 0.1) is 0 Å². The Morgan fingerprint density at radius 2 is 2.00 bits per heavy atom. The van der Waals surface area contributed by atoms with E-state index in [4.69, 9.17) is 4.74 Å². The fourth-order valence-electron chi connectivity index (χ4n) is 2.59. The van der Waals surface area contributed by atoms with Gasteiger partial charge in [0.1, 0.15) is 5.75 Å². The van der Waals surface area contributed by atoms with Gasteiger partial charge < -0.3 is 10.1 Å². The molecule has 1 aromatic rings. The summed E-state index contributed by atoms with van der Waals surface area (Å²) < 4.78 is 5.22. The summed E-state index contributed by atoms with van der Waals surface area (Å²) in [5.74, 6) is 0.923. The molecule has 1 atom stereocenters. The Kier molecular flexibility index (Phi) is 4.82. The molecule has 0 aliphatic heterocycles. The maximum Gasteiger partial charge on any atom is 0.118 e. The molecule has 0 fully saturated rings. The van der Waals surface area contributed by atoms with Gasteiger partial charge in [0.2, 0.25) is 0 Å². The van der Waals surface area contributed by atoms with Gasteiger partial charge in [0.15, 0.2) is 0 Å². The van der Waals surface area contributed by atoms with E-state index in [1.807, 2.05) is 12.1 Å². The molecular formula is C16H23NO. The maximum atomic E-state index is 5.22. The molecule has 0 aromatic heterocycles. The Bertz CT molecular complexity index is 394. The Balaban J connectivity index is 2.19. The molecule has 0 radical (unpaired) electrons. The van der Waals surface area contributed by atoms with E-state index in [0.717, 1.165) is 12.3 Å². The second-order valence-electron chi connectivity index (χ2n) is 4.79. The number of nitrogens with one attached hydrogen (secondary N) is 1. The van der Waals surface area contributed by atoms with Gasteiger partial charge in [-0.3, -0.25) is 0 Å². The summed E-state index contributed by atoms with van der Waals surface area (Å²) in [6.45, 7) is 3.16. The standard InChI is InChI=1S/C16H23NO/c1-3-17-16(13-7-5-4-6-8-13)14-9-11-15(18-2)12-10-14/h7,9-12,16-17H,3-6,8H2,1-2H3. The number of ether oxygens (including phenoxy) is 1. The van der Waals surface area contributed by atoms with Crippen LogP contribution in [0.5, 0.6) is 5.75 Å². The second-order valence-corrected chi connectivity index (χ2v) is 4.79. The number of allylic oxidation sites excluding steroid dienone is 1. The van der Waals surface area contributed by atoms with Crippen molar-refractivity contribution in [2.75, 3.05) is 13.7 Å². The minimum atomic E-state index is 0.376. The van der Waals surface area contributed by atoms with Crippen LogP contribution in [-0.2, 0) is 0 Å². The average molecular weight is 245 g/mol. The zero-order chi connectivity index (χ0) is 12.8. The van der Waals surface area contributed by atoms with Crippen molar-refractivity contribution in [3.05, 3.63) is 41.5 Å². The van der Waals surface area contributed by atoms with E-state index in [2.05, 4.69) is 30.4 Å². The normalized spacial score (nSPS) is 17.1. The molecule has 2 nitrogen and oxygen atoms in total. The largest absolute Gasteiger partial charge is 0.497 e. The monoisotopic (exact) mass is 245 g/mol. The number of benzene rings is 1. The molecule has 1 N–H and O–H groups in total. The van der Waals surface area contributed by atoms with Crippen molar-refractivity contribution >= 4 is 0 Å². The highest BCUT2D eigenvalue weighted by Crippen LogP contribution is 2.30. The summed E-state index contributed by atoms with van der Waals surface area (Å²) >= 11 is 0. The van der Waals surface area contributed by atoms with E-state index in [0.29, 0.717) is 6.04 Å². The van der Waals surface area contributed by atoms with Gasteiger partial charge in [0, 0.05) is 0 Å². The zero-order valence-corrected chi connectivity index (χ0v) is 11.4. The molecule has 1 aliphatic rings. The number of hydrogen-bond acceptors (Lipinski definition) is 2. The van der Waals surface area contributed by atoms with Crippen molar-refractivity contribution in [1.29, 1.82) is 0 Å². The minimum Gasteiger partial charge on any atom is -0.497 e.